The molecule has 1 nitrogen and oxygen atoms in total. The van der Waals surface area contributed by atoms with Crippen LogP contribution in [-0.2, 0) is 5.41 Å². The second-order valence-corrected chi connectivity index (χ2v) is 15.0. The minimum atomic E-state index is -0.0877. The van der Waals surface area contributed by atoms with Gasteiger partial charge in [-0.3, -0.25) is 0 Å². The topological polar surface area (TPSA) is 3.24 Å². The molecule has 0 aliphatic heterocycles. The number of benzene rings is 9. The molecular weight excluding hydrogens is 651 g/mol. The summed E-state index contributed by atoms with van der Waals surface area (Å²) < 4.78 is 0. The van der Waals surface area contributed by atoms with Gasteiger partial charge in [0.25, 0.3) is 0 Å². The summed E-state index contributed by atoms with van der Waals surface area (Å²) >= 11 is 0. The lowest BCUT2D eigenvalue weighted by molar-refractivity contribution is 0.660. The van der Waals surface area contributed by atoms with E-state index in [1.54, 1.807) is 0 Å². The Bertz CT molecular complexity index is 2820. The lowest BCUT2D eigenvalue weighted by atomic mass is 9.82. The van der Waals surface area contributed by atoms with Crippen LogP contribution in [0.4, 0.5) is 17.1 Å². The Morgan fingerprint density at radius 2 is 0.852 bits per heavy atom. The summed E-state index contributed by atoms with van der Waals surface area (Å²) in [5, 5.41) is 5.05. The Kier molecular flexibility index (Phi) is 7.56. The predicted octanol–water partition coefficient (Wildman–Crippen LogP) is 14.8. The minimum absolute atomic E-state index is 0.0877. The van der Waals surface area contributed by atoms with Crippen molar-refractivity contribution < 1.29 is 0 Å². The molecule has 0 unspecified atom stereocenters. The monoisotopic (exact) mass is 689 g/mol. The van der Waals surface area contributed by atoms with Crippen molar-refractivity contribution in [1.82, 2.24) is 0 Å². The molecule has 0 spiro atoms. The van der Waals surface area contributed by atoms with Gasteiger partial charge in [-0.05, 0) is 108 Å². The molecule has 9 aromatic carbocycles. The maximum atomic E-state index is 2.44. The highest BCUT2D eigenvalue weighted by Gasteiger charge is 2.37. The first-order chi connectivity index (χ1) is 26.5. The number of nitrogens with zero attached hydrogens (tertiary/aromatic N) is 1. The third-order valence-electron chi connectivity index (χ3n) is 11.5. The molecule has 0 amide bonds. The van der Waals surface area contributed by atoms with Gasteiger partial charge in [0.2, 0.25) is 0 Å². The van der Waals surface area contributed by atoms with Crippen molar-refractivity contribution in [2.45, 2.75) is 19.3 Å². The quantitative estimate of drug-likeness (QED) is 0.168. The van der Waals surface area contributed by atoms with Crippen molar-refractivity contribution in [3.05, 3.63) is 211 Å². The fourth-order valence-corrected chi connectivity index (χ4v) is 8.64. The molecule has 0 radical (unpaired) electrons. The molecule has 0 bridgehead atoms. The first kappa shape index (κ1) is 32.0. The number of rotatable bonds is 6. The Labute approximate surface area is 317 Å². The normalized spacial score (nSPS) is 12.8. The highest BCUT2D eigenvalue weighted by atomic mass is 15.1. The second kappa shape index (κ2) is 12.8. The maximum absolute atomic E-state index is 2.44. The summed E-state index contributed by atoms with van der Waals surface area (Å²) in [7, 11) is 0. The molecule has 0 atom stereocenters. The zero-order chi connectivity index (χ0) is 36.2. The van der Waals surface area contributed by atoms with Gasteiger partial charge in [-0.1, -0.05) is 178 Å². The maximum Gasteiger partial charge on any atom is 0.0543 e. The number of anilines is 3. The Morgan fingerprint density at radius 1 is 0.352 bits per heavy atom. The lowest BCUT2D eigenvalue weighted by Crippen LogP contribution is -2.16. The summed E-state index contributed by atoms with van der Waals surface area (Å²) in [6.07, 6.45) is 0. The van der Waals surface area contributed by atoms with E-state index in [1.807, 2.05) is 0 Å². The SMILES string of the molecule is CC1(C)c2ccccc2-c2c(N(c3ccc(-c4ccc(-c5cccc6ccccc56)cc4)cc3)c3ccc(-c4ccc5ccccc5c4)cc3)cccc21. The molecule has 0 heterocycles. The van der Waals surface area contributed by atoms with E-state index in [2.05, 4.69) is 219 Å². The van der Waals surface area contributed by atoms with E-state index in [1.165, 1.54) is 82.9 Å². The molecule has 1 heteroatoms. The van der Waals surface area contributed by atoms with Gasteiger partial charge in [-0.15, -0.1) is 0 Å². The molecule has 0 fully saturated rings. The third-order valence-corrected chi connectivity index (χ3v) is 11.5. The predicted molar refractivity (Wildman–Crippen MR) is 230 cm³/mol. The zero-order valence-electron chi connectivity index (χ0n) is 30.5. The van der Waals surface area contributed by atoms with E-state index in [9.17, 15) is 0 Å². The van der Waals surface area contributed by atoms with Gasteiger partial charge in [0, 0.05) is 22.4 Å². The molecule has 1 aliphatic carbocycles. The van der Waals surface area contributed by atoms with Crippen LogP contribution in [0.2, 0.25) is 0 Å². The minimum Gasteiger partial charge on any atom is -0.310 e. The van der Waals surface area contributed by atoms with Crippen LogP contribution in [0.5, 0.6) is 0 Å². The fourth-order valence-electron chi connectivity index (χ4n) is 8.64. The van der Waals surface area contributed by atoms with E-state index in [0.29, 0.717) is 0 Å². The summed E-state index contributed by atoms with van der Waals surface area (Å²) in [4.78, 5) is 2.44. The first-order valence-electron chi connectivity index (χ1n) is 18.8. The highest BCUT2D eigenvalue weighted by Crippen LogP contribution is 2.54. The van der Waals surface area contributed by atoms with Crippen LogP contribution in [0.25, 0.3) is 66.1 Å². The van der Waals surface area contributed by atoms with Gasteiger partial charge in [0.1, 0.15) is 0 Å². The van der Waals surface area contributed by atoms with Crippen LogP contribution >= 0.6 is 0 Å². The van der Waals surface area contributed by atoms with E-state index < -0.39 is 0 Å². The molecule has 54 heavy (non-hydrogen) atoms. The van der Waals surface area contributed by atoms with Gasteiger partial charge in [-0.25, -0.2) is 0 Å². The number of fused-ring (bicyclic) bond motifs is 5. The smallest absolute Gasteiger partial charge is 0.0543 e. The highest BCUT2D eigenvalue weighted by molar-refractivity contribution is 5.98. The van der Waals surface area contributed by atoms with E-state index >= 15 is 0 Å². The average molecular weight is 690 g/mol. The lowest BCUT2D eigenvalue weighted by Gasteiger charge is -2.29. The first-order valence-corrected chi connectivity index (χ1v) is 18.8. The van der Waals surface area contributed by atoms with E-state index in [0.717, 1.165) is 11.4 Å². The van der Waals surface area contributed by atoms with Crippen molar-refractivity contribution in [1.29, 1.82) is 0 Å². The zero-order valence-corrected chi connectivity index (χ0v) is 30.5. The van der Waals surface area contributed by atoms with Crippen molar-refractivity contribution in [2.24, 2.45) is 0 Å². The Hall–Kier alpha value is -6.70. The van der Waals surface area contributed by atoms with Gasteiger partial charge in [-0.2, -0.15) is 0 Å². The molecule has 0 saturated carbocycles. The molecule has 256 valence electrons. The van der Waals surface area contributed by atoms with Gasteiger partial charge in [0.05, 0.1) is 5.69 Å². The Morgan fingerprint density at radius 3 is 1.59 bits per heavy atom. The van der Waals surface area contributed by atoms with Gasteiger partial charge < -0.3 is 4.90 Å². The van der Waals surface area contributed by atoms with Crippen molar-refractivity contribution in [2.75, 3.05) is 4.90 Å². The average Bonchev–Trinajstić information content (AvgIpc) is 3.47. The second-order valence-electron chi connectivity index (χ2n) is 15.0. The molecule has 0 saturated heterocycles. The molecular formula is C53H39N. The summed E-state index contributed by atoms with van der Waals surface area (Å²) in [5.74, 6) is 0. The van der Waals surface area contributed by atoms with Crippen molar-refractivity contribution in [3.8, 4) is 44.5 Å². The molecule has 1 aliphatic rings. The van der Waals surface area contributed by atoms with Gasteiger partial charge >= 0.3 is 0 Å². The van der Waals surface area contributed by atoms with Crippen LogP contribution in [0.1, 0.15) is 25.0 Å². The summed E-state index contributed by atoms with van der Waals surface area (Å²) in [6, 6.07) is 73.4. The molecule has 0 aromatic heterocycles. The van der Waals surface area contributed by atoms with Crippen LogP contribution in [-0.4, -0.2) is 0 Å². The van der Waals surface area contributed by atoms with E-state index in [-0.39, 0.29) is 5.41 Å². The van der Waals surface area contributed by atoms with Gasteiger partial charge in [0.15, 0.2) is 0 Å². The number of hydrogen-bond donors (Lipinski definition) is 0. The Balaban J connectivity index is 1.05. The molecule has 0 N–H and O–H groups in total. The third kappa shape index (κ3) is 5.32. The van der Waals surface area contributed by atoms with Crippen molar-refractivity contribution in [3.63, 3.8) is 0 Å². The largest absolute Gasteiger partial charge is 0.310 e. The summed E-state index contributed by atoms with van der Waals surface area (Å²) in [6.45, 7) is 4.70. The molecule has 10 rings (SSSR count). The van der Waals surface area contributed by atoms with E-state index in [4.69, 9.17) is 0 Å². The standard InChI is InChI=1S/C53H39N/c1-53(2)49-18-8-7-16-48(49)52-50(53)19-10-20-51(52)54(45-33-29-39(30-34-45)43-26-23-36-11-3-4-13-42(36)35-43)44-31-27-38(28-32-44)37-21-24-41(25-22-37)47-17-9-14-40-12-5-6-15-46(40)47/h3-35H,1-2H3. The fraction of sp³-hybridized carbons (Fsp3) is 0.0566. The summed E-state index contributed by atoms with van der Waals surface area (Å²) in [5.41, 5.74) is 16.0. The van der Waals surface area contributed by atoms with Crippen LogP contribution in [0, 0.1) is 0 Å². The van der Waals surface area contributed by atoms with Crippen LogP contribution in [0.3, 0.4) is 0 Å². The molecule has 9 aromatic rings. The van der Waals surface area contributed by atoms with Crippen LogP contribution in [0.15, 0.2) is 200 Å². The van der Waals surface area contributed by atoms with Crippen LogP contribution < -0.4 is 4.90 Å². The van der Waals surface area contributed by atoms with Crippen molar-refractivity contribution >= 4 is 38.6 Å². The number of hydrogen-bond acceptors (Lipinski definition) is 1.